The van der Waals surface area contributed by atoms with Crippen molar-refractivity contribution < 1.29 is 53.3 Å². The molecule has 1 rings (SSSR count). The van der Waals surface area contributed by atoms with Crippen LogP contribution in [0, 0.1) is 0 Å². The molecule has 0 aromatic heterocycles. The molecule has 0 fully saturated rings. The van der Waals surface area contributed by atoms with Crippen molar-refractivity contribution in [3.63, 3.8) is 0 Å². The molecule has 0 spiro atoms. The molecule has 0 saturated heterocycles. The molecule has 0 atom stereocenters. The molecule has 1 aromatic rings. The number of rotatable bonds is 5. The topological polar surface area (TPSA) is 60.4 Å². The van der Waals surface area contributed by atoms with Gasteiger partial charge in [-0.15, -0.1) is 0 Å². The largest absolute Gasteiger partial charge is 0.457 e. The number of carbonyl (C=O) groups excluding carboxylic acids is 3. The summed E-state index contributed by atoms with van der Waals surface area (Å²) in [5.74, 6) is -1.24. The Balaban J connectivity index is 0. The number of ether oxygens (including phenoxy) is 1. The third kappa shape index (κ3) is 7.41. The van der Waals surface area contributed by atoms with E-state index in [0.717, 1.165) is 0 Å². The molecule has 0 aliphatic heterocycles. The third-order valence-electron chi connectivity index (χ3n) is 1.84. The molecule has 1 aromatic carbocycles. The fourth-order valence-electron chi connectivity index (χ4n) is 1.09. The molecule has 0 saturated carbocycles. The third-order valence-corrected chi connectivity index (χ3v) is 1.84. The van der Waals surface area contributed by atoms with Crippen LogP contribution < -0.4 is 0 Å². The van der Waals surface area contributed by atoms with Crippen LogP contribution in [0.1, 0.15) is 23.7 Å². The Morgan fingerprint density at radius 3 is 2.11 bits per heavy atom. The Morgan fingerprint density at radius 2 is 1.61 bits per heavy atom. The van der Waals surface area contributed by atoms with Gasteiger partial charge in [-0.3, -0.25) is 14.4 Å². The average molecular weight is 332 g/mol. The number of carbonyl (C=O) groups is 3. The van der Waals surface area contributed by atoms with Crippen molar-refractivity contribution >= 4 is 17.5 Å². The van der Waals surface area contributed by atoms with Gasteiger partial charge in [-0.25, -0.2) is 0 Å². The van der Waals surface area contributed by atoms with Gasteiger partial charge >= 0.3 is 5.97 Å². The van der Waals surface area contributed by atoms with Crippen LogP contribution in [0.2, 0.25) is 0 Å². The summed E-state index contributed by atoms with van der Waals surface area (Å²) in [5, 5.41) is 0. The first-order chi connectivity index (χ1) is 7.59. The molecule has 0 N–H and O–H groups in total. The van der Waals surface area contributed by atoms with Crippen LogP contribution in [0.4, 0.5) is 0 Å². The molecule has 18 heavy (non-hydrogen) atoms. The summed E-state index contributed by atoms with van der Waals surface area (Å²) in [4.78, 5) is 33.2. The second kappa shape index (κ2) is 10.0. The molecule has 6 heteroatoms. The van der Waals surface area contributed by atoms with Gasteiger partial charge in [0.05, 0.1) is 0 Å². The van der Waals surface area contributed by atoms with Gasteiger partial charge in [-0.05, 0) is 6.92 Å². The molecule has 0 radical (unpaired) electrons. The smallest absolute Gasteiger partial charge is 0.314 e. The van der Waals surface area contributed by atoms with Crippen LogP contribution in [0.3, 0.4) is 0 Å². The number of esters is 1. The van der Waals surface area contributed by atoms with Crippen molar-refractivity contribution in [2.75, 3.05) is 6.61 Å². The van der Waals surface area contributed by atoms with Crippen LogP contribution in [0.15, 0.2) is 30.3 Å². The minimum absolute atomic E-state index is 0. The summed E-state index contributed by atoms with van der Waals surface area (Å²) in [6, 6.07) is 8.47. The maximum absolute atomic E-state index is 11.5. The van der Waals surface area contributed by atoms with Gasteiger partial charge in [0.25, 0.3) is 0 Å². The normalized spacial score (nSPS) is 8.50. The van der Waals surface area contributed by atoms with Crippen molar-refractivity contribution in [1.82, 2.24) is 0 Å². The van der Waals surface area contributed by atoms with Crippen LogP contribution in [-0.2, 0) is 48.5 Å². The van der Waals surface area contributed by atoms with E-state index in [0.29, 0.717) is 5.56 Å². The van der Waals surface area contributed by atoms with E-state index < -0.39 is 5.97 Å². The molecule has 0 amide bonds. The number of Topliss-reactive ketones (excluding diaryl/α,β-unsaturated/α-hetero) is 2. The van der Waals surface area contributed by atoms with E-state index in [1.165, 1.54) is 6.92 Å². The Morgan fingerprint density at radius 1 is 1.06 bits per heavy atom. The van der Waals surface area contributed by atoms with E-state index in [1.54, 1.807) is 30.3 Å². The van der Waals surface area contributed by atoms with E-state index in [2.05, 4.69) is 4.74 Å². The first-order valence-corrected chi connectivity index (χ1v) is 4.83. The van der Waals surface area contributed by atoms with Crippen molar-refractivity contribution in [2.24, 2.45) is 0 Å². The zero-order chi connectivity index (χ0) is 12.0. The summed E-state index contributed by atoms with van der Waals surface area (Å²) < 4.78 is 4.59. The Bertz CT molecular complexity index is 404. The van der Waals surface area contributed by atoms with E-state index in [9.17, 15) is 14.4 Å². The molecule has 0 unspecified atom stereocenters. The molecule has 0 aliphatic carbocycles. The quantitative estimate of drug-likeness (QED) is 0.354. The first-order valence-electron chi connectivity index (χ1n) is 4.83. The van der Waals surface area contributed by atoms with Crippen molar-refractivity contribution in [1.29, 1.82) is 0 Å². The molecule has 100 valence electrons. The standard InChI is InChI=1S/C12H12O4.2Fe/c1-9(13)8-16-12(15)7-11(14)10-5-3-2-4-6-10;;/h2-6H,7-8H2,1H3;;. The Labute approximate surface area is 126 Å². The van der Waals surface area contributed by atoms with Gasteiger partial charge in [-0.1, -0.05) is 30.3 Å². The number of hydrogen-bond acceptors (Lipinski definition) is 4. The Kier molecular flexibility index (Phi) is 10.8. The second-order valence-corrected chi connectivity index (χ2v) is 3.33. The zero-order valence-electron chi connectivity index (χ0n) is 9.64. The predicted octanol–water partition coefficient (Wildman–Crippen LogP) is 1.39. The number of ketones is 2. The fraction of sp³-hybridized carbons (Fsp3) is 0.250. The van der Waals surface area contributed by atoms with Gasteiger partial charge < -0.3 is 4.74 Å². The SMILES string of the molecule is CC(=O)COC(=O)CC(=O)c1ccccc1.[Fe].[Fe]. The first kappa shape index (κ1) is 19.4. The van der Waals surface area contributed by atoms with Crippen molar-refractivity contribution in [3.05, 3.63) is 35.9 Å². The van der Waals surface area contributed by atoms with Crippen molar-refractivity contribution in [2.45, 2.75) is 13.3 Å². The van der Waals surface area contributed by atoms with Crippen molar-refractivity contribution in [3.8, 4) is 0 Å². The molecule has 4 nitrogen and oxygen atoms in total. The van der Waals surface area contributed by atoms with Gasteiger partial charge in [0.1, 0.15) is 13.0 Å². The average Bonchev–Trinajstić information content (AvgIpc) is 2.27. The number of hydrogen-bond donors (Lipinski definition) is 0. The summed E-state index contributed by atoms with van der Waals surface area (Å²) in [7, 11) is 0. The Hall–Kier alpha value is -0.931. The van der Waals surface area contributed by atoms with Crippen LogP contribution in [0.25, 0.3) is 0 Å². The fourth-order valence-corrected chi connectivity index (χ4v) is 1.09. The van der Waals surface area contributed by atoms with Crippen LogP contribution in [-0.4, -0.2) is 24.1 Å². The summed E-state index contributed by atoms with van der Waals surface area (Å²) >= 11 is 0. The minimum Gasteiger partial charge on any atom is -0.457 e. The summed E-state index contributed by atoms with van der Waals surface area (Å²) in [6.07, 6.45) is -0.336. The molecule has 0 aliphatic rings. The van der Waals surface area contributed by atoms with Gasteiger partial charge in [0, 0.05) is 39.7 Å². The molecule has 0 heterocycles. The van der Waals surface area contributed by atoms with E-state index >= 15 is 0 Å². The second-order valence-electron chi connectivity index (χ2n) is 3.33. The van der Waals surface area contributed by atoms with Gasteiger partial charge in [0.2, 0.25) is 0 Å². The van der Waals surface area contributed by atoms with Gasteiger partial charge in [-0.2, -0.15) is 0 Å². The van der Waals surface area contributed by atoms with E-state index in [-0.39, 0.29) is 58.7 Å². The summed E-state index contributed by atoms with van der Waals surface area (Å²) in [5.41, 5.74) is 0.460. The van der Waals surface area contributed by atoms with E-state index in [4.69, 9.17) is 0 Å². The maximum atomic E-state index is 11.5. The van der Waals surface area contributed by atoms with E-state index in [1.807, 2.05) is 0 Å². The molecular formula is C12H12Fe2O4. The predicted molar refractivity (Wildman–Crippen MR) is 57.0 cm³/mol. The maximum Gasteiger partial charge on any atom is 0.314 e. The number of benzene rings is 1. The summed E-state index contributed by atoms with van der Waals surface area (Å²) in [6.45, 7) is 1.03. The molecule has 0 bridgehead atoms. The van der Waals surface area contributed by atoms with Crippen LogP contribution in [0.5, 0.6) is 0 Å². The monoisotopic (exact) mass is 332 g/mol. The molecular weight excluding hydrogens is 320 g/mol. The van der Waals surface area contributed by atoms with Crippen LogP contribution >= 0.6 is 0 Å². The van der Waals surface area contributed by atoms with Gasteiger partial charge in [0.15, 0.2) is 11.6 Å². The zero-order valence-corrected chi connectivity index (χ0v) is 11.8. The minimum atomic E-state index is -0.677.